The summed E-state index contributed by atoms with van der Waals surface area (Å²) >= 11 is 0. The van der Waals surface area contributed by atoms with Crippen molar-refractivity contribution in [3.8, 4) is 0 Å². The second kappa shape index (κ2) is 64.6. The lowest BCUT2D eigenvalue weighted by Gasteiger charge is -2.25. The number of aliphatic hydroxyl groups excluding tert-OH is 1. The molecule has 486 valence electrons. The third-order valence-corrected chi connectivity index (χ3v) is 16.5. The second-order valence-corrected chi connectivity index (χ2v) is 26.3. The van der Waals surface area contributed by atoms with Crippen LogP contribution in [0.3, 0.4) is 0 Å². The van der Waals surface area contributed by atoms with Crippen LogP contribution in [0.1, 0.15) is 309 Å². The van der Waals surface area contributed by atoms with Crippen LogP contribution in [0.4, 0.5) is 0 Å². The molecule has 0 bridgehead atoms. The van der Waals surface area contributed by atoms with Gasteiger partial charge in [-0.2, -0.15) is 0 Å². The predicted molar refractivity (Wildman–Crippen MR) is 369 cm³/mol. The first kappa shape index (κ1) is 81.2. The molecule has 3 unspecified atom stereocenters. The Morgan fingerprint density at radius 3 is 1.05 bits per heavy atom. The molecule has 8 nitrogen and oxygen atoms in total. The fourth-order valence-corrected chi connectivity index (χ4v) is 10.8. The van der Waals surface area contributed by atoms with Crippen molar-refractivity contribution >= 4 is 13.7 Å². The van der Waals surface area contributed by atoms with Gasteiger partial charge in [0.2, 0.25) is 5.91 Å². The molecule has 0 spiro atoms. The third-order valence-electron chi connectivity index (χ3n) is 15.5. The number of carbonyl (C=O) groups is 1. The maximum absolute atomic E-state index is 13.1. The Hall–Kier alpha value is -2.84. The van der Waals surface area contributed by atoms with Gasteiger partial charge in [-0.15, -0.1) is 0 Å². The molecule has 0 aliphatic heterocycles. The number of carbonyl (C=O) groups excluding carboxylic acids is 1. The van der Waals surface area contributed by atoms with E-state index in [1.165, 1.54) is 186 Å². The van der Waals surface area contributed by atoms with E-state index in [0.717, 1.165) is 103 Å². The van der Waals surface area contributed by atoms with E-state index in [-0.39, 0.29) is 19.1 Å². The van der Waals surface area contributed by atoms with Crippen molar-refractivity contribution in [1.82, 2.24) is 5.32 Å². The molecule has 3 atom stereocenters. The number of aliphatic hydroxyl groups is 1. The lowest BCUT2D eigenvalue weighted by molar-refractivity contribution is -0.870. The Balaban J connectivity index is 4.15. The Kier molecular flexibility index (Phi) is 62.4. The fraction of sp³-hybridized carbons (Fsp3) is 0.747. The van der Waals surface area contributed by atoms with Gasteiger partial charge in [-0.25, -0.2) is 4.57 Å². The van der Waals surface area contributed by atoms with Crippen LogP contribution in [0, 0.1) is 0 Å². The molecule has 0 radical (unpaired) electrons. The first-order valence-corrected chi connectivity index (χ1v) is 36.8. The van der Waals surface area contributed by atoms with Gasteiger partial charge in [0.25, 0.3) is 0 Å². The number of nitrogens with zero attached hydrogens (tertiary/aromatic N) is 1. The highest BCUT2D eigenvalue weighted by Gasteiger charge is 2.28. The van der Waals surface area contributed by atoms with E-state index in [9.17, 15) is 19.4 Å². The van der Waals surface area contributed by atoms with E-state index in [1.54, 1.807) is 6.08 Å². The molecule has 9 heteroatoms. The van der Waals surface area contributed by atoms with E-state index in [1.807, 2.05) is 27.2 Å². The van der Waals surface area contributed by atoms with Gasteiger partial charge in [0, 0.05) is 6.42 Å². The summed E-state index contributed by atoms with van der Waals surface area (Å²) in [4.78, 5) is 23.4. The summed E-state index contributed by atoms with van der Waals surface area (Å²) < 4.78 is 23.8. The molecule has 0 aromatic rings. The number of phosphoric ester groups is 1. The molecule has 0 saturated carbocycles. The topological polar surface area (TPSA) is 105 Å². The number of allylic oxidation sites excluding steroid dienone is 17. The SMILES string of the molecule is CC/C=C\C/C=C\C/C=C\C/C=C\C/C=C\C/C=C\C/C=C\C/C=C\CCCCCCCCC(=O)NC(COP(=O)(O)OCC[N+](C)(C)C)C(O)/C=C/CCCCCCCCCCCCCCCCCCCCCCCCCCCCCCC. The van der Waals surface area contributed by atoms with E-state index >= 15 is 0 Å². The van der Waals surface area contributed by atoms with Crippen LogP contribution in [-0.2, 0) is 18.4 Å². The first-order chi connectivity index (χ1) is 41.0. The van der Waals surface area contributed by atoms with Gasteiger partial charge in [-0.3, -0.25) is 13.8 Å². The zero-order valence-electron chi connectivity index (χ0n) is 55.6. The highest BCUT2D eigenvalue weighted by molar-refractivity contribution is 7.47. The number of nitrogens with one attached hydrogen (secondary N) is 1. The second-order valence-electron chi connectivity index (χ2n) is 24.9. The maximum atomic E-state index is 13.1. The van der Waals surface area contributed by atoms with Crippen LogP contribution in [0.25, 0.3) is 0 Å². The summed E-state index contributed by atoms with van der Waals surface area (Å²) in [6.45, 7) is 4.71. The number of quaternary nitrogens is 1. The van der Waals surface area contributed by atoms with Crippen LogP contribution in [0.2, 0.25) is 0 Å². The van der Waals surface area contributed by atoms with Gasteiger partial charge < -0.3 is 19.8 Å². The smallest absolute Gasteiger partial charge is 0.387 e. The molecule has 0 aromatic heterocycles. The minimum Gasteiger partial charge on any atom is -0.387 e. The van der Waals surface area contributed by atoms with Gasteiger partial charge in [-0.1, -0.05) is 329 Å². The molecule has 0 heterocycles. The number of hydrogen-bond donors (Lipinski definition) is 3. The van der Waals surface area contributed by atoms with Crippen LogP contribution in [0.5, 0.6) is 0 Å². The number of phosphoric acid groups is 1. The molecular weight excluding hydrogens is 1060 g/mol. The Labute approximate surface area is 521 Å². The molecule has 0 fully saturated rings. The van der Waals surface area contributed by atoms with E-state index in [0.29, 0.717) is 17.4 Å². The lowest BCUT2D eigenvalue weighted by Crippen LogP contribution is -2.45. The highest BCUT2D eigenvalue weighted by Crippen LogP contribution is 2.43. The average molecular weight is 1190 g/mol. The van der Waals surface area contributed by atoms with Gasteiger partial charge >= 0.3 is 7.82 Å². The summed E-state index contributed by atoms with van der Waals surface area (Å²) in [7, 11) is 1.55. The van der Waals surface area contributed by atoms with Crippen LogP contribution < -0.4 is 5.32 Å². The minimum atomic E-state index is -4.37. The van der Waals surface area contributed by atoms with E-state index < -0.39 is 20.0 Å². The minimum absolute atomic E-state index is 0.0532. The standard InChI is InChI=1S/C75H135N2O6P/c1-6-8-10-12-14-16-18-20-22-24-26-28-30-32-34-36-38-40-42-44-46-48-50-52-54-56-58-60-62-64-66-68-74(78)73(72-83-84(80,81)82-71-70-77(3,4)5)76-75(79)69-67-65-63-61-59-57-55-53-51-49-47-45-43-41-39-37-35-33-31-29-27-25-23-21-19-17-15-13-11-9-7-2/h9,11,15,17,21,23,27,29,33,35,39,41,45,47,51,53,66,68,73-74,78H,6-8,10,12-14,16,18-20,22,24-26,28,30-32,34,36-38,40,42-44,46,48-50,52,54-65,67,69-72H2,1-5H3,(H-,76,79,80,81)/p+1/b11-9-,17-15-,23-21-,29-27-,35-33-,41-39-,47-45-,53-51-,68-66+. The summed E-state index contributed by atoms with van der Waals surface area (Å²) in [5, 5.41) is 14.0. The van der Waals surface area contributed by atoms with E-state index in [2.05, 4.69) is 116 Å². The van der Waals surface area contributed by atoms with Gasteiger partial charge in [0.15, 0.2) is 0 Å². The molecule has 0 aliphatic carbocycles. The molecule has 3 N–H and O–H groups in total. The van der Waals surface area contributed by atoms with Crippen molar-refractivity contribution in [2.75, 3.05) is 40.9 Å². The zero-order chi connectivity index (χ0) is 61.2. The predicted octanol–water partition coefficient (Wildman–Crippen LogP) is 22.7. The molecule has 0 aliphatic rings. The normalized spacial score (nSPS) is 14.3. The monoisotopic (exact) mass is 1190 g/mol. The fourth-order valence-electron chi connectivity index (χ4n) is 10.1. The largest absolute Gasteiger partial charge is 0.472 e. The number of unbranched alkanes of at least 4 members (excludes halogenated alkanes) is 35. The van der Waals surface area contributed by atoms with Gasteiger partial charge in [-0.05, 0) is 83.5 Å². The average Bonchev–Trinajstić information content (AvgIpc) is 3.56. The summed E-state index contributed by atoms with van der Waals surface area (Å²) in [5.41, 5.74) is 0. The molecule has 0 aromatic carbocycles. The maximum Gasteiger partial charge on any atom is 0.472 e. The molecule has 0 rings (SSSR count). The van der Waals surface area contributed by atoms with Crippen molar-refractivity contribution in [2.24, 2.45) is 0 Å². The first-order valence-electron chi connectivity index (χ1n) is 35.3. The number of likely N-dealkylation sites (N-methyl/N-ethyl adjacent to an activating group) is 1. The summed E-state index contributed by atoms with van der Waals surface area (Å²) in [6, 6.07) is -0.865. The molecule has 0 saturated heterocycles. The van der Waals surface area contributed by atoms with Crippen molar-refractivity contribution in [3.05, 3.63) is 109 Å². The Bertz CT molecular complexity index is 1740. The summed E-state index contributed by atoms with van der Waals surface area (Å²) in [6.07, 6.45) is 95.2. The lowest BCUT2D eigenvalue weighted by atomic mass is 10.0. The van der Waals surface area contributed by atoms with Crippen LogP contribution >= 0.6 is 7.82 Å². The quantitative estimate of drug-likeness (QED) is 0.0243. The molecule has 1 amide bonds. The number of rotatable bonds is 64. The van der Waals surface area contributed by atoms with Crippen LogP contribution in [-0.4, -0.2) is 73.4 Å². The zero-order valence-corrected chi connectivity index (χ0v) is 56.5. The summed E-state index contributed by atoms with van der Waals surface area (Å²) in [5.74, 6) is -0.192. The van der Waals surface area contributed by atoms with Crippen molar-refractivity contribution < 1.29 is 32.9 Å². The van der Waals surface area contributed by atoms with Crippen molar-refractivity contribution in [2.45, 2.75) is 321 Å². The number of hydrogen-bond acceptors (Lipinski definition) is 5. The Morgan fingerprint density at radius 2 is 0.714 bits per heavy atom. The van der Waals surface area contributed by atoms with Gasteiger partial charge in [0.1, 0.15) is 13.2 Å². The van der Waals surface area contributed by atoms with Crippen LogP contribution in [0.15, 0.2) is 109 Å². The van der Waals surface area contributed by atoms with E-state index in [4.69, 9.17) is 9.05 Å². The molecule has 84 heavy (non-hydrogen) atoms. The van der Waals surface area contributed by atoms with Gasteiger partial charge in [0.05, 0.1) is 39.9 Å². The third kappa shape index (κ3) is 66.7. The van der Waals surface area contributed by atoms with Crippen molar-refractivity contribution in [3.63, 3.8) is 0 Å². The molecular formula is C75H136N2O6P+. The number of amides is 1. The Morgan fingerprint density at radius 1 is 0.417 bits per heavy atom. The highest BCUT2D eigenvalue weighted by atomic mass is 31.2. The van der Waals surface area contributed by atoms with Crippen molar-refractivity contribution in [1.29, 1.82) is 0 Å².